The molecule has 1 saturated heterocycles. The summed E-state index contributed by atoms with van der Waals surface area (Å²) < 4.78 is 0. The number of carbonyl (C=O) groups is 1. The monoisotopic (exact) mass is 252 g/mol. The van der Waals surface area contributed by atoms with E-state index < -0.39 is 0 Å². The van der Waals surface area contributed by atoms with Gasteiger partial charge in [-0.05, 0) is 38.3 Å². The number of hydrogen-bond acceptors (Lipinski definition) is 3. The molecule has 0 bridgehead atoms. The van der Waals surface area contributed by atoms with Gasteiger partial charge in [-0.3, -0.25) is 4.79 Å². The van der Waals surface area contributed by atoms with Gasteiger partial charge in [-0.15, -0.1) is 11.3 Å². The Kier molecular flexibility index (Phi) is 3.54. The molecule has 2 unspecified atom stereocenters. The Morgan fingerprint density at radius 3 is 2.76 bits per heavy atom. The summed E-state index contributed by atoms with van der Waals surface area (Å²) in [5.41, 5.74) is 7.49. The largest absolute Gasteiger partial charge is 0.337 e. The third-order valence-corrected chi connectivity index (χ3v) is 4.52. The Morgan fingerprint density at radius 2 is 2.18 bits per heavy atom. The van der Waals surface area contributed by atoms with Crippen molar-refractivity contribution in [2.24, 2.45) is 5.73 Å². The van der Waals surface area contributed by atoms with Gasteiger partial charge in [0.05, 0.1) is 6.04 Å². The molecule has 0 aromatic carbocycles. The minimum Gasteiger partial charge on any atom is -0.337 e. The highest BCUT2D eigenvalue weighted by Gasteiger charge is 2.31. The van der Waals surface area contributed by atoms with Gasteiger partial charge in [0, 0.05) is 29.3 Å². The fourth-order valence-electron chi connectivity index (χ4n) is 2.65. The van der Waals surface area contributed by atoms with Gasteiger partial charge >= 0.3 is 0 Å². The molecule has 1 aliphatic heterocycles. The van der Waals surface area contributed by atoms with Crippen LogP contribution in [0.3, 0.4) is 0 Å². The fraction of sp³-hybridized carbons (Fsp3) is 0.615. The molecule has 4 heteroatoms. The van der Waals surface area contributed by atoms with Crippen molar-refractivity contribution < 1.29 is 4.79 Å². The van der Waals surface area contributed by atoms with Gasteiger partial charge < -0.3 is 10.6 Å². The quantitative estimate of drug-likeness (QED) is 0.834. The SMILES string of the molecule is Cc1cc(C2C(N)CCCC(=O)N2C)c(C)s1. The molecular formula is C13H20N2OS. The number of hydrogen-bond donors (Lipinski definition) is 1. The second kappa shape index (κ2) is 4.78. The highest BCUT2D eigenvalue weighted by atomic mass is 32.1. The average molecular weight is 252 g/mol. The number of amides is 1. The van der Waals surface area contributed by atoms with E-state index in [0.29, 0.717) is 6.42 Å². The zero-order valence-corrected chi connectivity index (χ0v) is 11.5. The van der Waals surface area contributed by atoms with Crippen molar-refractivity contribution in [2.75, 3.05) is 7.05 Å². The first-order valence-corrected chi connectivity index (χ1v) is 6.90. The van der Waals surface area contributed by atoms with Crippen molar-refractivity contribution in [1.29, 1.82) is 0 Å². The van der Waals surface area contributed by atoms with Crippen molar-refractivity contribution >= 4 is 17.2 Å². The van der Waals surface area contributed by atoms with Gasteiger partial charge in [0.15, 0.2) is 0 Å². The molecule has 0 aliphatic carbocycles. The van der Waals surface area contributed by atoms with Crippen LogP contribution in [0.2, 0.25) is 0 Å². The number of likely N-dealkylation sites (N-methyl/N-ethyl adjacent to an activating group) is 1. The highest BCUT2D eigenvalue weighted by Crippen LogP contribution is 2.34. The summed E-state index contributed by atoms with van der Waals surface area (Å²) in [7, 11) is 1.88. The molecule has 1 aliphatic rings. The van der Waals surface area contributed by atoms with Crippen LogP contribution >= 0.6 is 11.3 Å². The molecule has 2 rings (SSSR count). The minimum absolute atomic E-state index is 0.0509. The molecule has 0 saturated carbocycles. The van der Waals surface area contributed by atoms with E-state index in [2.05, 4.69) is 19.9 Å². The Hall–Kier alpha value is -0.870. The summed E-state index contributed by atoms with van der Waals surface area (Å²) in [5, 5.41) is 0. The third-order valence-electron chi connectivity index (χ3n) is 3.54. The lowest BCUT2D eigenvalue weighted by Crippen LogP contribution is -2.39. The second-order valence-corrected chi connectivity index (χ2v) is 6.33. The van der Waals surface area contributed by atoms with Crippen LogP contribution in [0, 0.1) is 13.8 Å². The number of nitrogens with zero attached hydrogens (tertiary/aromatic N) is 1. The maximum absolute atomic E-state index is 11.9. The molecule has 2 heterocycles. The molecule has 2 atom stereocenters. The summed E-state index contributed by atoms with van der Waals surface area (Å²) >= 11 is 1.78. The van der Waals surface area contributed by atoms with E-state index in [0.717, 1.165) is 12.8 Å². The van der Waals surface area contributed by atoms with Crippen LogP contribution in [0.15, 0.2) is 6.07 Å². The number of rotatable bonds is 1. The number of thiophene rings is 1. The van der Waals surface area contributed by atoms with E-state index in [-0.39, 0.29) is 18.0 Å². The highest BCUT2D eigenvalue weighted by molar-refractivity contribution is 7.12. The Bertz CT molecular complexity index is 427. The minimum atomic E-state index is 0.0509. The number of likely N-dealkylation sites (tertiary alicyclic amines) is 1. The molecule has 1 aromatic rings. The summed E-state index contributed by atoms with van der Waals surface area (Å²) in [5.74, 6) is 0.214. The van der Waals surface area contributed by atoms with Crippen LogP contribution in [0.1, 0.15) is 40.6 Å². The predicted molar refractivity (Wildman–Crippen MR) is 71.1 cm³/mol. The first kappa shape index (κ1) is 12.6. The lowest BCUT2D eigenvalue weighted by Gasteiger charge is -2.30. The zero-order chi connectivity index (χ0) is 12.6. The maximum Gasteiger partial charge on any atom is 0.222 e. The van der Waals surface area contributed by atoms with Gasteiger partial charge in [0.2, 0.25) is 5.91 Å². The Morgan fingerprint density at radius 1 is 1.47 bits per heavy atom. The number of carbonyl (C=O) groups excluding carboxylic acids is 1. The lowest BCUT2D eigenvalue weighted by molar-refractivity contribution is -0.131. The van der Waals surface area contributed by atoms with Crippen LogP contribution in [0.5, 0.6) is 0 Å². The van der Waals surface area contributed by atoms with Gasteiger partial charge in [0.1, 0.15) is 0 Å². The summed E-state index contributed by atoms with van der Waals surface area (Å²) in [6.07, 6.45) is 2.46. The maximum atomic E-state index is 11.9. The van der Waals surface area contributed by atoms with Gasteiger partial charge in [-0.2, -0.15) is 0 Å². The fourth-order valence-corrected chi connectivity index (χ4v) is 3.62. The average Bonchev–Trinajstić information content (AvgIpc) is 2.51. The van der Waals surface area contributed by atoms with E-state index in [4.69, 9.17) is 5.73 Å². The molecule has 17 heavy (non-hydrogen) atoms. The molecule has 1 aromatic heterocycles. The van der Waals surface area contributed by atoms with Crippen LogP contribution in [0.25, 0.3) is 0 Å². The Balaban J connectivity index is 2.39. The van der Waals surface area contributed by atoms with E-state index >= 15 is 0 Å². The van der Waals surface area contributed by atoms with Gasteiger partial charge in [-0.25, -0.2) is 0 Å². The molecule has 3 nitrogen and oxygen atoms in total. The number of aryl methyl sites for hydroxylation is 2. The molecule has 1 amide bonds. The smallest absolute Gasteiger partial charge is 0.222 e. The summed E-state index contributed by atoms with van der Waals surface area (Å²) in [6, 6.07) is 2.29. The van der Waals surface area contributed by atoms with E-state index in [9.17, 15) is 4.79 Å². The van der Waals surface area contributed by atoms with Crippen molar-refractivity contribution in [3.05, 3.63) is 21.4 Å². The zero-order valence-electron chi connectivity index (χ0n) is 10.7. The van der Waals surface area contributed by atoms with E-state index in [1.807, 2.05) is 11.9 Å². The molecule has 0 radical (unpaired) electrons. The third kappa shape index (κ3) is 2.38. The first-order valence-electron chi connectivity index (χ1n) is 6.09. The van der Waals surface area contributed by atoms with Crippen molar-refractivity contribution in [3.63, 3.8) is 0 Å². The van der Waals surface area contributed by atoms with Gasteiger partial charge in [0.25, 0.3) is 0 Å². The molecule has 2 N–H and O–H groups in total. The lowest BCUT2D eigenvalue weighted by atomic mass is 9.97. The molecule has 1 fully saturated rings. The molecular weight excluding hydrogens is 232 g/mol. The topological polar surface area (TPSA) is 46.3 Å². The summed E-state index contributed by atoms with van der Waals surface area (Å²) in [6.45, 7) is 4.22. The molecule has 0 spiro atoms. The second-order valence-electron chi connectivity index (χ2n) is 4.87. The number of nitrogens with two attached hydrogens (primary N) is 1. The van der Waals surface area contributed by atoms with Crippen LogP contribution in [-0.4, -0.2) is 23.9 Å². The van der Waals surface area contributed by atoms with Crippen molar-refractivity contribution in [2.45, 2.75) is 45.2 Å². The van der Waals surface area contributed by atoms with Crippen LogP contribution in [-0.2, 0) is 4.79 Å². The standard InChI is InChI=1S/C13H20N2OS/c1-8-7-10(9(2)17-8)13-11(14)5-4-6-12(16)15(13)3/h7,11,13H,4-6,14H2,1-3H3. The summed E-state index contributed by atoms with van der Waals surface area (Å²) in [4.78, 5) is 16.3. The molecule has 94 valence electrons. The van der Waals surface area contributed by atoms with Crippen LogP contribution in [0.4, 0.5) is 0 Å². The van der Waals surface area contributed by atoms with E-state index in [1.165, 1.54) is 15.3 Å². The van der Waals surface area contributed by atoms with Gasteiger partial charge in [-0.1, -0.05) is 0 Å². The van der Waals surface area contributed by atoms with E-state index in [1.54, 1.807) is 11.3 Å². The predicted octanol–water partition coefficient (Wildman–Crippen LogP) is 2.38. The Labute approximate surface area is 107 Å². The van der Waals surface area contributed by atoms with Crippen molar-refractivity contribution in [3.8, 4) is 0 Å². The normalized spacial score (nSPS) is 26.1. The van der Waals surface area contributed by atoms with Crippen molar-refractivity contribution in [1.82, 2.24) is 4.90 Å². The first-order chi connectivity index (χ1) is 8.00. The van der Waals surface area contributed by atoms with Crippen LogP contribution < -0.4 is 5.73 Å².